The van der Waals surface area contributed by atoms with Gasteiger partial charge in [-0.05, 0) is 30.9 Å². The number of sulfonamides is 1. The zero-order valence-electron chi connectivity index (χ0n) is 11.5. The minimum atomic E-state index is -3.51. The molecule has 1 aromatic carbocycles. The molecule has 0 bridgehead atoms. The number of hydrogen-bond donors (Lipinski definition) is 1. The first-order valence-corrected chi connectivity index (χ1v) is 8.01. The van der Waals surface area contributed by atoms with Gasteiger partial charge in [-0.15, -0.1) is 0 Å². The third kappa shape index (κ3) is 1.96. The monoisotopic (exact) mass is 291 g/mol. The predicted molar refractivity (Wildman–Crippen MR) is 75.8 cm³/mol. The Morgan fingerprint density at radius 1 is 1.35 bits per heavy atom. The van der Waals surface area contributed by atoms with Crippen LogP contribution >= 0.6 is 0 Å². The number of rotatable bonds is 3. The molecule has 0 radical (unpaired) electrons. The number of hydrogen-bond acceptors (Lipinski definition) is 3. The molecular formula is C14H17N3O2S. The van der Waals surface area contributed by atoms with Crippen molar-refractivity contribution in [1.82, 2.24) is 14.5 Å². The molecular weight excluding hydrogens is 274 g/mol. The number of benzene rings is 1. The summed E-state index contributed by atoms with van der Waals surface area (Å²) in [5.41, 5.74) is 2.92. The molecule has 0 saturated heterocycles. The van der Waals surface area contributed by atoms with E-state index in [9.17, 15) is 8.42 Å². The Labute approximate surface area is 118 Å². The number of nitrogens with zero attached hydrogens (tertiary/aromatic N) is 2. The molecule has 0 saturated carbocycles. The predicted octanol–water partition coefficient (Wildman–Crippen LogP) is 2.03. The normalized spacial score (nSPS) is 18.4. The van der Waals surface area contributed by atoms with Gasteiger partial charge >= 0.3 is 0 Å². The second kappa shape index (κ2) is 4.71. The van der Waals surface area contributed by atoms with Crippen molar-refractivity contribution in [3.63, 3.8) is 0 Å². The summed E-state index contributed by atoms with van der Waals surface area (Å²) in [5.74, 6) is 0. The maximum atomic E-state index is 12.7. The van der Waals surface area contributed by atoms with Crippen molar-refractivity contribution in [3.8, 4) is 0 Å². The molecule has 2 aromatic rings. The van der Waals surface area contributed by atoms with Crippen LogP contribution in [0.2, 0.25) is 0 Å². The summed E-state index contributed by atoms with van der Waals surface area (Å²) in [5, 5.41) is 6.49. The molecule has 1 heterocycles. The van der Waals surface area contributed by atoms with Crippen LogP contribution < -0.4 is 0 Å². The lowest BCUT2D eigenvalue weighted by molar-refractivity contribution is 0.374. The highest BCUT2D eigenvalue weighted by molar-refractivity contribution is 7.89. The van der Waals surface area contributed by atoms with Crippen molar-refractivity contribution in [1.29, 1.82) is 0 Å². The van der Waals surface area contributed by atoms with Crippen LogP contribution in [0, 0.1) is 6.92 Å². The van der Waals surface area contributed by atoms with Crippen LogP contribution in [0.5, 0.6) is 0 Å². The minimum absolute atomic E-state index is 0.0921. The number of fused-ring (bicyclic) bond motifs is 1. The van der Waals surface area contributed by atoms with Gasteiger partial charge in [0.2, 0.25) is 10.0 Å². The van der Waals surface area contributed by atoms with Gasteiger partial charge in [-0.2, -0.15) is 9.40 Å². The second-order valence-electron chi connectivity index (χ2n) is 5.13. The second-order valence-corrected chi connectivity index (χ2v) is 7.10. The molecule has 1 aliphatic carbocycles. The lowest BCUT2D eigenvalue weighted by Crippen LogP contribution is -2.30. The summed E-state index contributed by atoms with van der Waals surface area (Å²) in [6.07, 6.45) is 3.12. The molecule has 1 atom stereocenters. The van der Waals surface area contributed by atoms with Gasteiger partial charge in [-0.25, -0.2) is 8.42 Å². The standard InChI is InChI=1S/C14H17N3O2S/c1-10-14(9-15-16-10)20(18,19)17(2)13-8-7-11-5-3-4-6-12(11)13/h3-6,9,13H,7-8H2,1-2H3,(H,15,16). The Morgan fingerprint density at radius 3 is 2.80 bits per heavy atom. The maximum absolute atomic E-state index is 12.7. The highest BCUT2D eigenvalue weighted by atomic mass is 32.2. The first-order chi connectivity index (χ1) is 9.51. The van der Waals surface area contributed by atoms with Crippen molar-refractivity contribution < 1.29 is 8.42 Å². The molecule has 1 unspecified atom stereocenters. The van der Waals surface area contributed by atoms with E-state index < -0.39 is 10.0 Å². The van der Waals surface area contributed by atoms with Crippen LogP contribution in [0.15, 0.2) is 35.4 Å². The van der Waals surface area contributed by atoms with Crippen LogP contribution in [-0.2, 0) is 16.4 Å². The van der Waals surface area contributed by atoms with E-state index >= 15 is 0 Å². The molecule has 1 aliphatic rings. The van der Waals surface area contributed by atoms with Gasteiger partial charge in [-0.3, -0.25) is 5.10 Å². The van der Waals surface area contributed by atoms with Crippen molar-refractivity contribution in [3.05, 3.63) is 47.3 Å². The molecule has 5 nitrogen and oxygen atoms in total. The van der Waals surface area contributed by atoms with Gasteiger partial charge in [0.15, 0.2) is 0 Å². The summed E-state index contributed by atoms with van der Waals surface area (Å²) < 4.78 is 26.8. The first-order valence-electron chi connectivity index (χ1n) is 6.57. The number of nitrogens with one attached hydrogen (secondary N) is 1. The number of aromatic nitrogens is 2. The van der Waals surface area contributed by atoms with Crippen LogP contribution in [0.25, 0.3) is 0 Å². The molecule has 1 N–H and O–H groups in total. The molecule has 106 valence electrons. The van der Waals surface area contributed by atoms with Crippen LogP contribution in [0.4, 0.5) is 0 Å². The summed E-state index contributed by atoms with van der Waals surface area (Å²) in [7, 11) is -1.87. The fourth-order valence-corrected chi connectivity index (χ4v) is 4.32. The molecule has 3 rings (SSSR count). The summed E-state index contributed by atoms with van der Waals surface area (Å²) >= 11 is 0. The van der Waals surface area contributed by atoms with Gasteiger partial charge in [0.1, 0.15) is 4.90 Å². The van der Waals surface area contributed by atoms with Gasteiger partial charge < -0.3 is 0 Å². The van der Waals surface area contributed by atoms with E-state index in [1.54, 1.807) is 14.0 Å². The molecule has 0 aliphatic heterocycles. The topological polar surface area (TPSA) is 66.1 Å². The number of aromatic amines is 1. The quantitative estimate of drug-likeness (QED) is 0.941. The Bertz CT molecular complexity index is 736. The molecule has 0 spiro atoms. The lowest BCUT2D eigenvalue weighted by atomic mass is 10.1. The number of H-pyrrole nitrogens is 1. The van der Waals surface area contributed by atoms with E-state index in [0.29, 0.717) is 5.69 Å². The minimum Gasteiger partial charge on any atom is -0.281 e. The van der Waals surface area contributed by atoms with E-state index in [-0.39, 0.29) is 10.9 Å². The van der Waals surface area contributed by atoms with Gasteiger partial charge in [0.25, 0.3) is 0 Å². The van der Waals surface area contributed by atoms with Crippen molar-refractivity contribution in [2.45, 2.75) is 30.7 Å². The van der Waals surface area contributed by atoms with E-state index in [4.69, 9.17) is 0 Å². The highest BCUT2D eigenvalue weighted by Gasteiger charge is 2.34. The Balaban J connectivity index is 1.99. The Kier molecular flexibility index (Phi) is 3.14. The lowest BCUT2D eigenvalue weighted by Gasteiger charge is -2.24. The summed E-state index contributed by atoms with van der Waals surface area (Å²) in [6, 6.07) is 7.95. The fourth-order valence-electron chi connectivity index (χ4n) is 2.83. The van der Waals surface area contributed by atoms with E-state index in [2.05, 4.69) is 16.3 Å². The van der Waals surface area contributed by atoms with Crippen LogP contribution in [0.3, 0.4) is 0 Å². The SMILES string of the molecule is Cc1[nH]ncc1S(=O)(=O)N(C)C1CCc2ccccc21. The molecule has 6 heteroatoms. The molecule has 0 fully saturated rings. The largest absolute Gasteiger partial charge is 0.281 e. The zero-order valence-corrected chi connectivity index (χ0v) is 12.3. The van der Waals surface area contributed by atoms with Crippen molar-refractivity contribution in [2.75, 3.05) is 7.05 Å². The van der Waals surface area contributed by atoms with Crippen LogP contribution in [-0.4, -0.2) is 30.0 Å². The molecule has 20 heavy (non-hydrogen) atoms. The molecule has 1 aromatic heterocycles. The van der Waals surface area contributed by atoms with Crippen molar-refractivity contribution >= 4 is 10.0 Å². The number of aryl methyl sites for hydroxylation is 2. The third-order valence-corrected chi connectivity index (χ3v) is 5.96. The third-order valence-electron chi connectivity index (χ3n) is 3.98. The fraction of sp³-hybridized carbons (Fsp3) is 0.357. The van der Waals surface area contributed by atoms with E-state index in [1.807, 2.05) is 18.2 Å². The van der Waals surface area contributed by atoms with Gasteiger partial charge in [0, 0.05) is 7.05 Å². The Morgan fingerprint density at radius 2 is 2.10 bits per heavy atom. The maximum Gasteiger partial charge on any atom is 0.246 e. The van der Waals surface area contributed by atoms with Crippen molar-refractivity contribution in [2.24, 2.45) is 0 Å². The zero-order chi connectivity index (χ0) is 14.3. The summed E-state index contributed by atoms with van der Waals surface area (Å²) in [4.78, 5) is 0.254. The summed E-state index contributed by atoms with van der Waals surface area (Å²) in [6.45, 7) is 1.72. The van der Waals surface area contributed by atoms with Gasteiger partial charge in [0.05, 0.1) is 17.9 Å². The molecule has 0 amide bonds. The average molecular weight is 291 g/mol. The smallest absolute Gasteiger partial charge is 0.246 e. The highest BCUT2D eigenvalue weighted by Crippen LogP contribution is 2.37. The Hall–Kier alpha value is -1.66. The van der Waals surface area contributed by atoms with E-state index in [1.165, 1.54) is 16.1 Å². The first kappa shape index (κ1) is 13.3. The van der Waals surface area contributed by atoms with Gasteiger partial charge in [-0.1, -0.05) is 24.3 Å². The average Bonchev–Trinajstić information content (AvgIpc) is 3.04. The van der Waals surface area contributed by atoms with Crippen LogP contribution in [0.1, 0.15) is 29.3 Å². The van der Waals surface area contributed by atoms with E-state index in [0.717, 1.165) is 18.4 Å².